The van der Waals surface area contributed by atoms with E-state index in [1.165, 1.54) is 6.07 Å². The number of benzene rings is 1. The van der Waals surface area contributed by atoms with Crippen molar-refractivity contribution in [2.24, 2.45) is 0 Å². The minimum Gasteiger partial charge on any atom is -0.357 e. The molecule has 1 aromatic carbocycles. The molecular weight excluding hydrogens is 327 g/mol. The zero-order valence-corrected chi connectivity index (χ0v) is 12.0. The van der Waals surface area contributed by atoms with Crippen LogP contribution in [0.1, 0.15) is 0 Å². The number of aromatic amines is 1. The van der Waals surface area contributed by atoms with Gasteiger partial charge in [0, 0.05) is 11.5 Å². The van der Waals surface area contributed by atoms with Gasteiger partial charge in [-0.05, 0) is 18.2 Å². The van der Waals surface area contributed by atoms with Gasteiger partial charge >= 0.3 is 0 Å². The van der Waals surface area contributed by atoms with E-state index in [2.05, 4.69) is 46.7 Å². The number of hydrogen-bond donors (Lipinski definition) is 3. The van der Waals surface area contributed by atoms with E-state index in [1.54, 1.807) is 25.4 Å². The Hall–Kier alpha value is -2.22. The van der Waals surface area contributed by atoms with E-state index < -0.39 is 0 Å². The van der Waals surface area contributed by atoms with Crippen molar-refractivity contribution in [3.63, 3.8) is 0 Å². The maximum absolute atomic E-state index is 13.8. The molecule has 102 valence electrons. The molecule has 2 heterocycles. The van der Waals surface area contributed by atoms with Gasteiger partial charge in [0.05, 0.1) is 17.3 Å². The van der Waals surface area contributed by atoms with Crippen LogP contribution in [0.4, 0.5) is 21.8 Å². The molecule has 0 fully saturated rings. The Bertz CT molecular complexity index is 772. The van der Waals surface area contributed by atoms with E-state index in [0.717, 1.165) is 4.47 Å². The zero-order chi connectivity index (χ0) is 14.1. The average Bonchev–Trinajstić information content (AvgIpc) is 2.91. The predicted molar refractivity (Wildman–Crippen MR) is 78.6 cm³/mol. The van der Waals surface area contributed by atoms with Gasteiger partial charge in [-0.1, -0.05) is 15.9 Å². The first-order valence-corrected chi connectivity index (χ1v) is 6.57. The highest BCUT2D eigenvalue weighted by molar-refractivity contribution is 9.10. The van der Waals surface area contributed by atoms with Crippen LogP contribution >= 0.6 is 15.9 Å². The van der Waals surface area contributed by atoms with Crippen LogP contribution in [-0.4, -0.2) is 27.2 Å². The van der Waals surface area contributed by atoms with Crippen molar-refractivity contribution >= 4 is 44.4 Å². The quantitative estimate of drug-likeness (QED) is 0.685. The number of nitrogens with zero attached hydrogens (tertiary/aromatic N) is 3. The highest BCUT2D eigenvalue weighted by Gasteiger charge is 2.11. The molecule has 3 aromatic rings. The second-order valence-corrected chi connectivity index (χ2v) is 4.94. The number of fused-ring (bicyclic) bond motifs is 1. The summed E-state index contributed by atoms with van der Waals surface area (Å²) in [7, 11) is 1.71. The fourth-order valence-corrected chi connectivity index (χ4v) is 2.12. The SMILES string of the molecule is CNc1nc(Nc2cc(Br)ccc2F)c2cn[nH]c2n1. The Morgan fingerprint density at radius 3 is 2.95 bits per heavy atom. The van der Waals surface area contributed by atoms with Crippen molar-refractivity contribution in [2.45, 2.75) is 0 Å². The van der Waals surface area contributed by atoms with Crippen LogP contribution in [0.15, 0.2) is 28.9 Å². The number of nitrogens with one attached hydrogen (secondary N) is 3. The van der Waals surface area contributed by atoms with Crippen LogP contribution < -0.4 is 10.6 Å². The molecular formula is C12H10BrFN6. The summed E-state index contributed by atoms with van der Waals surface area (Å²) in [5.74, 6) is 0.527. The third-order valence-electron chi connectivity index (χ3n) is 2.71. The summed E-state index contributed by atoms with van der Waals surface area (Å²) in [4.78, 5) is 8.50. The van der Waals surface area contributed by atoms with Gasteiger partial charge in [0.25, 0.3) is 0 Å². The van der Waals surface area contributed by atoms with E-state index in [4.69, 9.17) is 0 Å². The largest absolute Gasteiger partial charge is 0.357 e. The normalized spacial score (nSPS) is 10.8. The Labute approximate surface area is 122 Å². The lowest BCUT2D eigenvalue weighted by atomic mass is 10.3. The second-order valence-electron chi connectivity index (χ2n) is 4.03. The van der Waals surface area contributed by atoms with Crippen LogP contribution in [0.3, 0.4) is 0 Å². The van der Waals surface area contributed by atoms with Gasteiger partial charge in [0.2, 0.25) is 5.95 Å². The molecule has 0 amide bonds. The van der Waals surface area contributed by atoms with E-state index in [1.807, 2.05) is 0 Å². The standard InChI is InChI=1S/C12H10BrFN6/c1-15-12-18-10(7-5-16-20-11(7)19-12)17-9-4-6(13)2-3-8(9)14/h2-5H,1H3,(H3,15,16,17,18,19,20). The molecule has 0 unspecified atom stereocenters. The number of aromatic nitrogens is 4. The number of halogens is 2. The maximum Gasteiger partial charge on any atom is 0.226 e. The summed E-state index contributed by atoms with van der Waals surface area (Å²) < 4.78 is 14.6. The van der Waals surface area contributed by atoms with Crippen molar-refractivity contribution in [2.75, 3.05) is 17.7 Å². The van der Waals surface area contributed by atoms with E-state index in [-0.39, 0.29) is 5.82 Å². The summed E-state index contributed by atoms with van der Waals surface area (Å²) in [5, 5.41) is 13.2. The minimum absolute atomic E-state index is 0.322. The first kappa shape index (κ1) is 12.8. The molecule has 3 N–H and O–H groups in total. The number of anilines is 3. The Kier molecular flexibility index (Phi) is 3.23. The van der Waals surface area contributed by atoms with Gasteiger partial charge in [-0.25, -0.2) is 4.39 Å². The molecule has 0 radical (unpaired) electrons. The van der Waals surface area contributed by atoms with Gasteiger partial charge in [-0.3, -0.25) is 5.10 Å². The van der Waals surface area contributed by atoms with Crippen LogP contribution in [0.25, 0.3) is 11.0 Å². The molecule has 0 saturated carbocycles. The molecule has 0 aliphatic carbocycles. The predicted octanol–water partition coefficient (Wildman–Crippen LogP) is 3.04. The Morgan fingerprint density at radius 2 is 2.15 bits per heavy atom. The smallest absolute Gasteiger partial charge is 0.226 e. The summed E-state index contributed by atoms with van der Waals surface area (Å²) in [5.41, 5.74) is 0.893. The summed E-state index contributed by atoms with van der Waals surface area (Å²) in [6.45, 7) is 0. The van der Waals surface area contributed by atoms with Crippen molar-refractivity contribution < 1.29 is 4.39 Å². The van der Waals surface area contributed by atoms with Gasteiger partial charge in [0.15, 0.2) is 5.65 Å². The highest BCUT2D eigenvalue weighted by Crippen LogP contribution is 2.27. The first-order valence-electron chi connectivity index (χ1n) is 5.78. The van der Waals surface area contributed by atoms with E-state index in [9.17, 15) is 4.39 Å². The fraction of sp³-hybridized carbons (Fsp3) is 0.0833. The second kappa shape index (κ2) is 5.04. The van der Waals surface area contributed by atoms with Crippen molar-refractivity contribution in [3.05, 3.63) is 34.7 Å². The monoisotopic (exact) mass is 336 g/mol. The van der Waals surface area contributed by atoms with Crippen LogP contribution in [0, 0.1) is 5.82 Å². The molecule has 0 atom stereocenters. The van der Waals surface area contributed by atoms with E-state index >= 15 is 0 Å². The molecule has 6 nitrogen and oxygen atoms in total. The lowest BCUT2D eigenvalue weighted by Crippen LogP contribution is -2.02. The lowest BCUT2D eigenvalue weighted by Gasteiger charge is -2.09. The molecule has 0 bridgehead atoms. The molecule has 8 heteroatoms. The van der Waals surface area contributed by atoms with Gasteiger partial charge < -0.3 is 10.6 Å². The van der Waals surface area contributed by atoms with Crippen LogP contribution in [0.5, 0.6) is 0 Å². The van der Waals surface area contributed by atoms with E-state index in [0.29, 0.717) is 28.5 Å². The van der Waals surface area contributed by atoms with Gasteiger partial charge in [-0.2, -0.15) is 15.1 Å². The number of hydrogen-bond acceptors (Lipinski definition) is 5. The molecule has 2 aromatic heterocycles. The zero-order valence-electron chi connectivity index (χ0n) is 10.4. The lowest BCUT2D eigenvalue weighted by molar-refractivity contribution is 0.631. The summed E-state index contributed by atoms with van der Waals surface area (Å²) in [6.07, 6.45) is 1.59. The molecule has 0 aliphatic heterocycles. The maximum atomic E-state index is 13.8. The first-order chi connectivity index (χ1) is 9.67. The van der Waals surface area contributed by atoms with Gasteiger partial charge in [0.1, 0.15) is 11.6 Å². The molecule has 20 heavy (non-hydrogen) atoms. The third kappa shape index (κ3) is 2.29. The minimum atomic E-state index is -0.366. The fourth-order valence-electron chi connectivity index (χ4n) is 1.76. The van der Waals surface area contributed by atoms with Crippen LogP contribution in [0.2, 0.25) is 0 Å². The topological polar surface area (TPSA) is 78.5 Å². The van der Waals surface area contributed by atoms with Crippen molar-refractivity contribution in [1.29, 1.82) is 0 Å². The molecule has 0 spiro atoms. The van der Waals surface area contributed by atoms with Crippen molar-refractivity contribution in [3.8, 4) is 0 Å². The summed E-state index contributed by atoms with van der Waals surface area (Å²) in [6, 6.07) is 4.65. The molecule has 3 rings (SSSR count). The average molecular weight is 337 g/mol. The summed E-state index contributed by atoms with van der Waals surface area (Å²) >= 11 is 3.31. The van der Waals surface area contributed by atoms with Crippen molar-refractivity contribution in [1.82, 2.24) is 20.2 Å². The third-order valence-corrected chi connectivity index (χ3v) is 3.21. The Balaban J connectivity index is 2.09. The van der Waals surface area contributed by atoms with Gasteiger partial charge in [-0.15, -0.1) is 0 Å². The van der Waals surface area contributed by atoms with Crippen LogP contribution in [-0.2, 0) is 0 Å². The highest BCUT2D eigenvalue weighted by atomic mass is 79.9. The number of rotatable bonds is 3. The Morgan fingerprint density at radius 1 is 1.30 bits per heavy atom. The number of H-pyrrole nitrogens is 1. The molecule has 0 saturated heterocycles. The molecule has 0 aliphatic rings.